The average Bonchev–Trinajstić information content (AvgIpc) is 2.81. The number of rotatable bonds is 2. The van der Waals surface area contributed by atoms with Crippen LogP contribution in [-0.4, -0.2) is 14.2 Å². The normalized spacial score (nSPS) is 26.5. The Morgan fingerprint density at radius 3 is 3.20 bits per heavy atom. The summed E-state index contributed by atoms with van der Waals surface area (Å²) in [4.78, 5) is 6.49. The maximum atomic E-state index is 4.63. The van der Waals surface area contributed by atoms with Gasteiger partial charge < -0.3 is 0 Å². The van der Waals surface area contributed by atoms with Crippen LogP contribution in [0.25, 0.3) is 4.96 Å². The van der Waals surface area contributed by atoms with Crippen molar-refractivity contribution in [2.75, 3.05) is 0 Å². The molecule has 4 heteroatoms. The highest BCUT2D eigenvalue weighted by atomic mass is 79.9. The van der Waals surface area contributed by atoms with E-state index in [2.05, 4.69) is 43.1 Å². The Labute approximate surface area is 101 Å². The van der Waals surface area contributed by atoms with E-state index in [-0.39, 0.29) is 0 Å². The SMILES string of the molecule is BrC1CCC(Cc2cn3ccsc3n2)C1. The van der Waals surface area contributed by atoms with Gasteiger partial charge in [0.1, 0.15) is 0 Å². The predicted octanol–water partition coefficient (Wildman–Crippen LogP) is 3.50. The zero-order valence-corrected chi connectivity index (χ0v) is 10.8. The van der Waals surface area contributed by atoms with Gasteiger partial charge in [-0.15, -0.1) is 11.3 Å². The van der Waals surface area contributed by atoms with Crippen molar-refractivity contribution in [3.05, 3.63) is 23.5 Å². The standard InChI is InChI=1S/C11H13BrN2S/c12-9-2-1-8(5-9)6-10-7-14-3-4-15-11(14)13-10/h3-4,7-9H,1-2,5-6H2. The van der Waals surface area contributed by atoms with Crippen LogP contribution >= 0.6 is 27.3 Å². The molecule has 0 amide bonds. The van der Waals surface area contributed by atoms with Gasteiger partial charge in [0.25, 0.3) is 0 Å². The van der Waals surface area contributed by atoms with Crippen LogP contribution in [0.5, 0.6) is 0 Å². The number of aromatic nitrogens is 2. The summed E-state index contributed by atoms with van der Waals surface area (Å²) in [6.45, 7) is 0. The van der Waals surface area contributed by atoms with Crippen molar-refractivity contribution in [3.63, 3.8) is 0 Å². The molecule has 0 aromatic carbocycles. The van der Waals surface area contributed by atoms with Gasteiger partial charge in [0.05, 0.1) is 5.69 Å². The number of halogens is 1. The third-order valence-electron chi connectivity index (χ3n) is 3.12. The molecule has 1 aliphatic carbocycles. The van der Waals surface area contributed by atoms with Gasteiger partial charge in [-0.05, 0) is 31.6 Å². The fourth-order valence-corrected chi connectivity index (χ4v) is 3.88. The first-order valence-corrected chi connectivity index (χ1v) is 7.16. The first-order chi connectivity index (χ1) is 7.31. The summed E-state index contributed by atoms with van der Waals surface area (Å²) in [5.74, 6) is 0.832. The van der Waals surface area contributed by atoms with Crippen LogP contribution in [0.3, 0.4) is 0 Å². The number of nitrogens with zero attached hydrogens (tertiary/aromatic N) is 2. The molecule has 2 aromatic rings. The van der Waals surface area contributed by atoms with E-state index >= 15 is 0 Å². The van der Waals surface area contributed by atoms with Gasteiger partial charge in [-0.25, -0.2) is 4.98 Å². The molecule has 0 aliphatic heterocycles. The zero-order valence-electron chi connectivity index (χ0n) is 8.40. The predicted molar refractivity (Wildman–Crippen MR) is 66.8 cm³/mol. The minimum Gasteiger partial charge on any atom is -0.297 e. The first kappa shape index (κ1) is 9.85. The molecule has 0 N–H and O–H groups in total. The summed E-state index contributed by atoms with van der Waals surface area (Å²) in [5, 5.41) is 2.08. The van der Waals surface area contributed by atoms with E-state index in [9.17, 15) is 0 Å². The molecule has 0 saturated heterocycles. The summed E-state index contributed by atoms with van der Waals surface area (Å²) in [7, 11) is 0. The lowest BCUT2D eigenvalue weighted by atomic mass is 10.0. The third-order valence-corrected chi connectivity index (χ3v) is 4.72. The average molecular weight is 285 g/mol. The second kappa shape index (κ2) is 3.91. The molecule has 0 bridgehead atoms. The lowest BCUT2D eigenvalue weighted by molar-refractivity contribution is 0.542. The smallest absolute Gasteiger partial charge is 0.193 e. The number of alkyl halides is 1. The van der Waals surface area contributed by atoms with E-state index in [1.54, 1.807) is 11.3 Å². The van der Waals surface area contributed by atoms with E-state index in [1.807, 2.05) is 0 Å². The van der Waals surface area contributed by atoms with Gasteiger partial charge in [-0.3, -0.25) is 4.40 Å². The van der Waals surface area contributed by atoms with Crippen LogP contribution in [0, 0.1) is 5.92 Å². The zero-order chi connectivity index (χ0) is 10.3. The van der Waals surface area contributed by atoms with E-state index in [1.165, 1.54) is 25.0 Å². The summed E-state index contributed by atoms with van der Waals surface area (Å²) in [6, 6.07) is 0. The molecule has 2 nitrogen and oxygen atoms in total. The highest BCUT2D eigenvalue weighted by molar-refractivity contribution is 9.09. The number of fused-ring (bicyclic) bond motifs is 1. The maximum Gasteiger partial charge on any atom is 0.193 e. The molecule has 80 valence electrons. The molecule has 2 aromatic heterocycles. The molecule has 0 radical (unpaired) electrons. The monoisotopic (exact) mass is 284 g/mol. The van der Waals surface area contributed by atoms with Crippen molar-refractivity contribution < 1.29 is 0 Å². The molecular weight excluding hydrogens is 272 g/mol. The molecule has 3 rings (SSSR count). The maximum absolute atomic E-state index is 4.63. The first-order valence-electron chi connectivity index (χ1n) is 5.36. The van der Waals surface area contributed by atoms with Gasteiger partial charge in [0.15, 0.2) is 4.96 Å². The Bertz CT molecular complexity index is 433. The fraction of sp³-hybridized carbons (Fsp3) is 0.545. The second-order valence-corrected chi connectivity index (χ2v) is 6.47. The van der Waals surface area contributed by atoms with E-state index in [0.717, 1.165) is 22.1 Å². The minimum absolute atomic E-state index is 0.742. The van der Waals surface area contributed by atoms with Crippen LogP contribution in [0.4, 0.5) is 0 Å². The summed E-state index contributed by atoms with van der Waals surface area (Å²) >= 11 is 5.40. The number of imidazole rings is 1. The number of thiazole rings is 1. The molecule has 1 aliphatic rings. The topological polar surface area (TPSA) is 17.3 Å². The van der Waals surface area contributed by atoms with Crippen molar-refractivity contribution in [3.8, 4) is 0 Å². The van der Waals surface area contributed by atoms with Crippen LogP contribution in [-0.2, 0) is 6.42 Å². The van der Waals surface area contributed by atoms with Crippen LogP contribution in [0.15, 0.2) is 17.8 Å². The van der Waals surface area contributed by atoms with Crippen LogP contribution in [0.2, 0.25) is 0 Å². The van der Waals surface area contributed by atoms with Gasteiger partial charge in [0, 0.05) is 22.6 Å². The third kappa shape index (κ3) is 1.97. The number of hydrogen-bond donors (Lipinski definition) is 0. The molecule has 2 unspecified atom stereocenters. The quantitative estimate of drug-likeness (QED) is 0.772. The summed E-state index contributed by atoms with van der Waals surface area (Å²) in [5.41, 5.74) is 1.26. The van der Waals surface area contributed by atoms with E-state index < -0.39 is 0 Å². The van der Waals surface area contributed by atoms with Crippen molar-refractivity contribution >= 4 is 32.2 Å². The van der Waals surface area contributed by atoms with Crippen LogP contribution in [0.1, 0.15) is 25.0 Å². The molecule has 1 saturated carbocycles. The number of hydrogen-bond acceptors (Lipinski definition) is 2. The van der Waals surface area contributed by atoms with Gasteiger partial charge in [0.2, 0.25) is 0 Å². The van der Waals surface area contributed by atoms with Crippen molar-refractivity contribution in [1.29, 1.82) is 0 Å². The molecule has 2 heterocycles. The lowest BCUT2D eigenvalue weighted by Crippen LogP contribution is -2.00. The minimum atomic E-state index is 0.742. The highest BCUT2D eigenvalue weighted by Gasteiger charge is 2.23. The summed E-state index contributed by atoms with van der Waals surface area (Å²) in [6.07, 6.45) is 9.39. The highest BCUT2D eigenvalue weighted by Crippen LogP contribution is 2.32. The molecule has 0 spiro atoms. The Morgan fingerprint density at radius 1 is 1.53 bits per heavy atom. The van der Waals surface area contributed by atoms with Crippen molar-refractivity contribution in [2.24, 2.45) is 5.92 Å². The fourth-order valence-electron chi connectivity index (χ4n) is 2.37. The Balaban J connectivity index is 1.75. The van der Waals surface area contributed by atoms with E-state index in [0.29, 0.717) is 0 Å². The van der Waals surface area contributed by atoms with Gasteiger partial charge in [-0.2, -0.15) is 0 Å². The molecular formula is C11H13BrN2S. The Kier molecular flexibility index (Phi) is 2.56. The Hall–Kier alpha value is -0.350. The van der Waals surface area contributed by atoms with Crippen molar-refractivity contribution in [1.82, 2.24) is 9.38 Å². The molecule has 15 heavy (non-hydrogen) atoms. The van der Waals surface area contributed by atoms with Crippen molar-refractivity contribution in [2.45, 2.75) is 30.5 Å². The lowest BCUT2D eigenvalue weighted by Gasteiger charge is -2.05. The van der Waals surface area contributed by atoms with E-state index in [4.69, 9.17) is 0 Å². The largest absolute Gasteiger partial charge is 0.297 e. The van der Waals surface area contributed by atoms with Gasteiger partial charge >= 0.3 is 0 Å². The second-order valence-electron chi connectivity index (χ2n) is 4.31. The molecule has 1 fully saturated rings. The molecule has 2 atom stereocenters. The van der Waals surface area contributed by atoms with Gasteiger partial charge in [-0.1, -0.05) is 15.9 Å². The summed E-state index contributed by atoms with van der Waals surface area (Å²) < 4.78 is 2.13. The van der Waals surface area contributed by atoms with Crippen LogP contribution < -0.4 is 0 Å². The Morgan fingerprint density at radius 2 is 2.47 bits per heavy atom.